The molecule has 106 valence electrons. The van der Waals surface area contributed by atoms with Crippen molar-refractivity contribution in [2.45, 2.75) is 64.1 Å². The summed E-state index contributed by atoms with van der Waals surface area (Å²) in [4.78, 5) is 11.4. The number of hydrogen-bond donors (Lipinski definition) is 3. The standard InChI is InChI=1S/C13H27N3O2/c1-13(2,3)18-12(17)16-8-7-15-11-6-4-5-10(14)9-11/h10-11,15H,4-9,14H2,1-3H3,(H,16,17). The molecular weight excluding hydrogens is 230 g/mol. The van der Waals surface area contributed by atoms with Gasteiger partial charge in [0.15, 0.2) is 0 Å². The molecule has 0 radical (unpaired) electrons. The minimum Gasteiger partial charge on any atom is -0.444 e. The van der Waals surface area contributed by atoms with E-state index in [-0.39, 0.29) is 6.09 Å². The number of nitrogens with one attached hydrogen (secondary N) is 2. The Morgan fingerprint density at radius 2 is 2.06 bits per heavy atom. The monoisotopic (exact) mass is 257 g/mol. The van der Waals surface area contributed by atoms with E-state index in [0.717, 1.165) is 19.4 Å². The summed E-state index contributed by atoms with van der Waals surface area (Å²) in [5.74, 6) is 0. The molecule has 0 aliphatic heterocycles. The van der Waals surface area contributed by atoms with E-state index in [2.05, 4.69) is 10.6 Å². The molecule has 5 heteroatoms. The lowest BCUT2D eigenvalue weighted by atomic mass is 9.92. The molecule has 2 atom stereocenters. The summed E-state index contributed by atoms with van der Waals surface area (Å²) in [5, 5.41) is 6.16. The molecule has 0 aromatic heterocycles. The van der Waals surface area contributed by atoms with E-state index in [9.17, 15) is 4.79 Å². The Kier molecular flexibility index (Phi) is 5.88. The van der Waals surface area contributed by atoms with E-state index in [1.54, 1.807) is 0 Å². The molecule has 2 unspecified atom stereocenters. The van der Waals surface area contributed by atoms with E-state index in [0.29, 0.717) is 18.6 Å². The zero-order valence-electron chi connectivity index (χ0n) is 11.8. The van der Waals surface area contributed by atoms with Gasteiger partial charge in [0.25, 0.3) is 0 Å². The molecule has 1 rings (SSSR count). The Bertz CT molecular complexity index is 263. The second kappa shape index (κ2) is 6.95. The van der Waals surface area contributed by atoms with E-state index in [1.807, 2.05) is 20.8 Å². The van der Waals surface area contributed by atoms with Gasteiger partial charge in [-0.25, -0.2) is 4.79 Å². The lowest BCUT2D eigenvalue weighted by Crippen LogP contribution is -2.43. The highest BCUT2D eigenvalue weighted by atomic mass is 16.6. The molecule has 18 heavy (non-hydrogen) atoms. The van der Waals surface area contributed by atoms with Crippen LogP contribution in [0.2, 0.25) is 0 Å². The predicted molar refractivity (Wildman–Crippen MR) is 72.5 cm³/mol. The molecule has 5 nitrogen and oxygen atoms in total. The van der Waals surface area contributed by atoms with Gasteiger partial charge in [-0.05, 0) is 40.0 Å². The molecule has 1 fully saturated rings. The van der Waals surface area contributed by atoms with Crippen molar-refractivity contribution in [3.63, 3.8) is 0 Å². The molecule has 1 aliphatic rings. The number of carbonyl (C=O) groups is 1. The number of rotatable bonds is 4. The van der Waals surface area contributed by atoms with Crippen molar-refractivity contribution < 1.29 is 9.53 Å². The lowest BCUT2D eigenvalue weighted by Gasteiger charge is -2.27. The molecule has 0 aromatic rings. The molecule has 1 amide bonds. The van der Waals surface area contributed by atoms with Gasteiger partial charge in [0.1, 0.15) is 5.60 Å². The fourth-order valence-corrected chi connectivity index (χ4v) is 2.17. The number of amides is 1. The van der Waals surface area contributed by atoms with Gasteiger partial charge in [-0.2, -0.15) is 0 Å². The van der Waals surface area contributed by atoms with Crippen molar-refractivity contribution in [3.8, 4) is 0 Å². The lowest BCUT2D eigenvalue weighted by molar-refractivity contribution is 0.0527. The SMILES string of the molecule is CC(C)(C)OC(=O)NCCNC1CCCC(N)C1. The van der Waals surface area contributed by atoms with Crippen LogP contribution in [0.4, 0.5) is 4.79 Å². The first-order valence-corrected chi connectivity index (χ1v) is 6.82. The summed E-state index contributed by atoms with van der Waals surface area (Å²) in [6, 6.07) is 0.823. The average molecular weight is 257 g/mol. The van der Waals surface area contributed by atoms with Crippen LogP contribution in [0.25, 0.3) is 0 Å². The maximum atomic E-state index is 11.4. The number of alkyl carbamates (subject to hydrolysis) is 1. The Balaban J connectivity index is 2.06. The largest absolute Gasteiger partial charge is 0.444 e. The summed E-state index contributed by atoms with van der Waals surface area (Å²) in [6.45, 7) is 6.91. The second-order valence-electron chi connectivity index (χ2n) is 6.01. The Labute approximate surface area is 110 Å². The van der Waals surface area contributed by atoms with Gasteiger partial charge in [0.2, 0.25) is 0 Å². The van der Waals surface area contributed by atoms with Gasteiger partial charge in [-0.3, -0.25) is 0 Å². The number of ether oxygens (including phenoxy) is 1. The highest BCUT2D eigenvalue weighted by molar-refractivity contribution is 5.67. The fourth-order valence-electron chi connectivity index (χ4n) is 2.17. The number of nitrogens with two attached hydrogens (primary N) is 1. The summed E-state index contributed by atoms with van der Waals surface area (Å²) >= 11 is 0. The third kappa shape index (κ3) is 6.81. The molecule has 4 N–H and O–H groups in total. The minimum atomic E-state index is -0.437. The van der Waals surface area contributed by atoms with Crippen molar-refractivity contribution in [2.24, 2.45) is 5.73 Å². The Morgan fingerprint density at radius 3 is 2.67 bits per heavy atom. The van der Waals surface area contributed by atoms with Crippen LogP contribution in [0.1, 0.15) is 46.5 Å². The minimum absolute atomic E-state index is 0.329. The van der Waals surface area contributed by atoms with Crippen LogP contribution >= 0.6 is 0 Å². The first-order chi connectivity index (χ1) is 8.37. The average Bonchev–Trinajstić information content (AvgIpc) is 2.22. The van der Waals surface area contributed by atoms with Crippen LogP contribution in [0.5, 0.6) is 0 Å². The quantitative estimate of drug-likeness (QED) is 0.665. The van der Waals surface area contributed by atoms with Crippen molar-refractivity contribution in [2.75, 3.05) is 13.1 Å². The zero-order chi connectivity index (χ0) is 13.6. The van der Waals surface area contributed by atoms with Crippen LogP contribution in [-0.4, -0.2) is 36.9 Å². The van der Waals surface area contributed by atoms with Crippen molar-refractivity contribution in [1.82, 2.24) is 10.6 Å². The highest BCUT2D eigenvalue weighted by Crippen LogP contribution is 2.16. The first-order valence-electron chi connectivity index (χ1n) is 6.82. The van der Waals surface area contributed by atoms with Gasteiger partial charge in [-0.1, -0.05) is 6.42 Å². The number of hydrogen-bond acceptors (Lipinski definition) is 4. The third-order valence-corrected chi connectivity index (χ3v) is 2.94. The van der Waals surface area contributed by atoms with Crippen molar-refractivity contribution in [1.29, 1.82) is 0 Å². The molecule has 1 aliphatic carbocycles. The second-order valence-corrected chi connectivity index (χ2v) is 6.01. The van der Waals surface area contributed by atoms with Gasteiger partial charge in [0, 0.05) is 25.2 Å². The molecule has 0 bridgehead atoms. The summed E-state index contributed by atoms with van der Waals surface area (Å²) < 4.78 is 5.15. The fraction of sp³-hybridized carbons (Fsp3) is 0.923. The Hall–Kier alpha value is -0.810. The van der Waals surface area contributed by atoms with E-state index < -0.39 is 5.60 Å². The van der Waals surface area contributed by atoms with E-state index in [1.165, 1.54) is 12.8 Å². The van der Waals surface area contributed by atoms with Gasteiger partial charge >= 0.3 is 6.09 Å². The van der Waals surface area contributed by atoms with Crippen LogP contribution in [0.15, 0.2) is 0 Å². The van der Waals surface area contributed by atoms with Gasteiger partial charge in [0.05, 0.1) is 0 Å². The smallest absolute Gasteiger partial charge is 0.407 e. The summed E-state index contributed by atoms with van der Waals surface area (Å²) in [6.07, 6.45) is 4.18. The molecule has 1 saturated carbocycles. The number of carbonyl (C=O) groups excluding carboxylic acids is 1. The zero-order valence-corrected chi connectivity index (χ0v) is 11.8. The van der Waals surface area contributed by atoms with Crippen LogP contribution < -0.4 is 16.4 Å². The van der Waals surface area contributed by atoms with Crippen molar-refractivity contribution >= 4 is 6.09 Å². The van der Waals surface area contributed by atoms with Gasteiger partial charge in [-0.15, -0.1) is 0 Å². The first kappa shape index (κ1) is 15.2. The van der Waals surface area contributed by atoms with Gasteiger partial charge < -0.3 is 21.1 Å². The van der Waals surface area contributed by atoms with Crippen LogP contribution in [0, 0.1) is 0 Å². The summed E-state index contributed by atoms with van der Waals surface area (Å²) in [5.41, 5.74) is 5.48. The maximum Gasteiger partial charge on any atom is 0.407 e. The molecule has 0 heterocycles. The van der Waals surface area contributed by atoms with Crippen LogP contribution in [0.3, 0.4) is 0 Å². The molecular formula is C13H27N3O2. The maximum absolute atomic E-state index is 11.4. The molecule has 0 spiro atoms. The molecule has 0 aromatic carbocycles. The predicted octanol–water partition coefficient (Wildman–Crippen LogP) is 1.37. The van der Waals surface area contributed by atoms with E-state index in [4.69, 9.17) is 10.5 Å². The summed E-state index contributed by atoms with van der Waals surface area (Å²) in [7, 11) is 0. The van der Waals surface area contributed by atoms with Crippen molar-refractivity contribution in [3.05, 3.63) is 0 Å². The topological polar surface area (TPSA) is 76.4 Å². The van der Waals surface area contributed by atoms with E-state index >= 15 is 0 Å². The highest BCUT2D eigenvalue weighted by Gasteiger charge is 2.18. The van der Waals surface area contributed by atoms with Crippen LogP contribution in [-0.2, 0) is 4.74 Å². The normalized spacial score (nSPS) is 24.7. The molecule has 0 saturated heterocycles. The Morgan fingerprint density at radius 1 is 1.33 bits per heavy atom. The third-order valence-electron chi connectivity index (χ3n) is 2.94.